The van der Waals surface area contributed by atoms with Crippen LogP contribution in [0.4, 0.5) is 0 Å². The zero-order chi connectivity index (χ0) is 10.3. The van der Waals surface area contributed by atoms with Crippen molar-refractivity contribution in [2.75, 3.05) is 6.54 Å². The quantitative estimate of drug-likeness (QED) is 0.645. The minimum Gasteiger partial charge on any atom is -0.328 e. The van der Waals surface area contributed by atoms with E-state index in [0.29, 0.717) is 18.0 Å². The summed E-state index contributed by atoms with van der Waals surface area (Å²) in [6.07, 6.45) is 3.56. The van der Waals surface area contributed by atoms with E-state index in [9.17, 15) is 9.59 Å². The molecule has 2 N–H and O–H groups in total. The summed E-state index contributed by atoms with van der Waals surface area (Å²) in [6, 6.07) is -0.0799. The minimum absolute atomic E-state index is 0.0799. The minimum atomic E-state index is -0.199. The highest BCUT2D eigenvalue weighted by Crippen LogP contribution is 2.36. The van der Waals surface area contributed by atoms with Crippen LogP contribution in [0.2, 0.25) is 0 Å². The van der Waals surface area contributed by atoms with Crippen molar-refractivity contribution in [1.82, 2.24) is 4.90 Å². The zero-order valence-corrected chi connectivity index (χ0v) is 8.19. The Morgan fingerprint density at radius 1 is 1.57 bits per heavy atom. The summed E-state index contributed by atoms with van der Waals surface area (Å²) in [5, 5.41) is 0. The van der Waals surface area contributed by atoms with Gasteiger partial charge in [-0.15, -0.1) is 0 Å². The van der Waals surface area contributed by atoms with Gasteiger partial charge in [0.15, 0.2) is 0 Å². The summed E-state index contributed by atoms with van der Waals surface area (Å²) >= 11 is 0. The molecule has 0 aromatic rings. The third-order valence-electron chi connectivity index (χ3n) is 2.87. The van der Waals surface area contributed by atoms with Gasteiger partial charge >= 0.3 is 0 Å². The van der Waals surface area contributed by atoms with Gasteiger partial charge in [0.25, 0.3) is 11.8 Å². The summed E-state index contributed by atoms with van der Waals surface area (Å²) < 4.78 is 0. The van der Waals surface area contributed by atoms with Crippen LogP contribution >= 0.6 is 0 Å². The number of nitrogens with zero attached hydrogens (tertiary/aromatic N) is 1. The molecule has 0 spiro atoms. The first kappa shape index (κ1) is 9.40. The Labute approximate surface area is 82.7 Å². The molecule has 0 radical (unpaired) electrons. The van der Waals surface area contributed by atoms with E-state index in [1.54, 1.807) is 6.92 Å². The summed E-state index contributed by atoms with van der Waals surface area (Å²) in [6.45, 7) is 2.05. The van der Waals surface area contributed by atoms with Crippen molar-refractivity contribution in [3.63, 3.8) is 0 Å². The van der Waals surface area contributed by atoms with Gasteiger partial charge in [-0.2, -0.15) is 0 Å². The van der Waals surface area contributed by atoms with Crippen LogP contribution in [-0.2, 0) is 9.59 Å². The Bertz CT molecular complexity index is 318. The normalized spacial score (nSPS) is 24.1. The van der Waals surface area contributed by atoms with Gasteiger partial charge in [0.05, 0.1) is 6.04 Å². The standard InChI is InChI=1S/C10H14N2O2/c1-6-4-9(13)12(10(6)14)8(5-11)7-2-3-7/h4,7-8H,2-3,5,11H2,1H3. The maximum absolute atomic E-state index is 11.6. The summed E-state index contributed by atoms with van der Waals surface area (Å²) in [7, 11) is 0. The average molecular weight is 194 g/mol. The molecule has 1 fully saturated rings. The van der Waals surface area contributed by atoms with Gasteiger partial charge in [-0.25, -0.2) is 0 Å². The molecule has 2 amide bonds. The Morgan fingerprint density at radius 2 is 2.21 bits per heavy atom. The molecule has 1 saturated carbocycles. The van der Waals surface area contributed by atoms with E-state index in [0.717, 1.165) is 12.8 Å². The van der Waals surface area contributed by atoms with E-state index < -0.39 is 0 Å². The van der Waals surface area contributed by atoms with Crippen molar-refractivity contribution in [3.05, 3.63) is 11.6 Å². The first-order valence-electron chi connectivity index (χ1n) is 4.91. The van der Waals surface area contributed by atoms with Crippen molar-refractivity contribution in [2.45, 2.75) is 25.8 Å². The Morgan fingerprint density at radius 3 is 2.57 bits per heavy atom. The monoisotopic (exact) mass is 194 g/mol. The van der Waals surface area contributed by atoms with Crippen LogP contribution in [0.1, 0.15) is 19.8 Å². The molecule has 4 nitrogen and oxygen atoms in total. The van der Waals surface area contributed by atoms with Crippen LogP contribution in [0, 0.1) is 5.92 Å². The Balaban J connectivity index is 2.17. The van der Waals surface area contributed by atoms with E-state index in [1.807, 2.05) is 0 Å². The second-order valence-corrected chi connectivity index (χ2v) is 3.98. The maximum Gasteiger partial charge on any atom is 0.256 e. The van der Waals surface area contributed by atoms with E-state index in [4.69, 9.17) is 5.73 Å². The van der Waals surface area contributed by atoms with Crippen molar-refractivity contribution in [3.8, 4) is 0 Å². The molecule has 1 heterocycles. The fraction of sp³-hybridized carbons (Fsp3) is 0.600. The van der Waals surface area contributed by atoms with Gasteiger partial charge in [0.2, 0.25) is 0 Å². The summed E-state index contributed by atoms with van der Waals surface area (Å²) in [5.74, 6) is 0.0689. The molecule has 14 heavy (non-hydrogen) atoms. The third-order valence-corrected chi connectivity index (χ3v) is 2.87. The number of amides is 2. The number of hydrogen-bond donors (Lipinski definition) is 1. The zero-order valence-electron chi connectivity index (χ0n) is 8.19. The van der Waals surface area contributed by atoms with Gasteiger partial charge < -0.3 is 5.73 Å². The second-order valence-electron chi connectivity index (χ2n) is 3.98. The molecule has 1 aliphatic heterocycles. The fourth-order valence-corrected chi connectivity index (χ4v) is 1.91. The van der Waals surface area contributed by atoms with Crippen LogP contribution in [0.15, 0.2) is 11.6 Å². The van der Waals surface area contributed by atoms with E-state index >= 15 is 0 Å². The van der Waals surface area contributed by atoms with Crippen LogP contribution in [0.25, 0.3) is 0 Å². The summed E-state index contributed by atoms with van der Waals surface area (Å²) in [5.41, 5.74) is 6.12. The van der Waals surface area contributed by atoms with Gasteiger partial charge in [-0.3, -0.25) is 14.5 Å². The van der Waals surface area contributed by atoms with Crippen LogP contribution in [0.3, 0.4) is 0 Å². The molecule has 1 aliphatic carbocycles. The molecular weight excluding hydrogens is 180 g/mol. The SMILES string of the molecule is CC1=CC(=O)N(C(CN)C2CC2)C1=O. The number of imide groups is 1. The van der Waals surface area contributed by atoms with E-state index in [-0.39, 0.29) is 17.9 Å². The van der Waals surface area contributed by atoms with Crippen molar-refractivity contribution in [1.29, 1.82) is 0 Å². The fourth-order valence-electron chi connectivity index (χ4n) is 1.91. The molecule has 0 aromatic carbocycles. The highest BCUT2D eigenvalue weighted by molar-refractivity contribution is 6.16. The number of carbonyl (C=O) groups is 2. The lowest BCUT2D eigenvalue weighted by Gasteiger charge is -2.24. The number of carbonyl (C=O) groups excluding carboxylic acids is 2. The molecule has 2 aliphatic rings. The Hall–Kier alpha value is -1.16. The van der Waals surface area contributed by atoms with Crippen LogP contribution in [0.5, 0.6) is 0 Å². The lowest BCUT2D eigenvalue weighted by Crippen LogP contribution is -2.46. The largest absolute Gasteiger partial charge is 0.328 e. The predicted molar refractivity (Wildman–Crippen MR) is 51.2 cm³/mol. The molecule has 0 aromatic heterocycles. The molecule has 76 valence electrons. The van der Waals surface area contributed by atoms with Crippen molar-refractivity contribution < 1.29 is 9.59 Å². The molecular formula is C10H14N2O2. The molecule has 2 rings (SSSR count). The Kier molecular flexibility index (Phi) is 2.15. The topological polar surface area (TPSA) is 63.4 Å². The number of rotatable bonds is 3. The van der Waals surface area contributed by atoms with E-state index in [1.165, 1.54) is 11.0 Å². The molecule has 1 unspecified atom stereocenters. The smallest absolute Gasteiger partial charge is 0.256 e. The first-order chi connectivity index (χ1) is 6.65. The summed E-state index contributed by atoms with van der Waals surface area (Å²) in [4.78, 5) is 24.5. The first-order valence-corrected chi connectivity index (χ1v) is 4.91. The van der Waals surface area contributed by atoms with Gasteiger partial charge in [-0.05, 0) is 25.7 Å². The number of nitrogens with two attached hydrogens (primary N) is 1. The van der Waals surface area contributed by atoms with Gasteiger partial charge in [-0.1, -0.05) is 0 Å². The number of hydrogen-bond acceptors (Lipinski definition) is 3. The van der Waals surface area contributed by atoms with Gasteiger partial charge in [0.1, 0.15) is 0 Å². The maximum atomic E-state index is 11.6. The molecule has 0 bridgehead atoms. The molecule has 0 saturated heterocycles. The second kappa shape index (κ2) is 3.20. The lowest BCUT2D eigenvalue weighted by molar-refractivity contribution is -0.140. The average Bonchev–Trinajstić information content (AvgIpc) is 2.91. The highest BCUT2D eigenvalue weighted by Gasteiger charge is 2.41. The molecule has 1 atom stereocenters. The highest BCUT2D eigenvalue weighted by atomic mass is 16.2. The van der Waals surface area contributed by atoms with Gasteiger partial charge in [0, 0.05) is 18.2 Å². The van der Waals surface area contributed by atoms with Crippen molar-refractivity contribution in [2.24, 2.45) is 11.7 Å². The van der Waals surface area contributed by atoms with E-state index in [2.05, 4.69) is 0 Å². The lowest BCUT2D eigenvalue weighted by atomic mass is 10.1. The van der Waals surface area contributed by atoms with Crippen molar-refractivity contribution >= 4 is 11.8 Å². The van der Waals surface area contributed by atoms with Crippen LogP contribution in [-0.4, -0.2) is 29.3 Å². The molecule has 4 heteroatoms. The van der Waals surface area contributed by atoms with Crippen LogP contribution < -0.4 is 5.73 Å². The predicted octanol–water partition coefficient (Wildman–Crippen LogP) is 0.0388. The third kappa shape index (κ3) is 1.35.